The van der Waals surface area contributed by atoms with Gasteiger partial charge in [-0.15, -0.1) is 58.0 Å². The third-order valence-corrected chi connectivity index (χ3v) is 6.68. The monoisotopic (exact) mass is 422 g/mol. The average molecular weight is 425 g/mol. The Labute approximate surface area is 151 Å². The predicted molar refractivity (Wildman–Crippen MR) is 90.7 cm³/mol. The number of hydrogen-bond acceptors (Lipinski definition) is 4. The van der Waals surface area contributed by atoms with Crippen LogP contribution < -0.4 is 0 Å². The van der Waals surface area contributed by atoms with E-state index >= 15 is 0 Å². The third kappa shape index (κ3) is 8.28. The Morgan fingerprint density at radius 3 is 1.57 bits per heavy atom. The fourth-order valence-electron chi connectivity index (χ4n) is 1.02. The number of halogens is 5. The highest BCUT2D eigenvalue weighted by atomic mass is 35.5. The number of phosphoric acid groups is 1. The molecule has 0 saturated heterocycles. The van der Waals surface area contributed by atoms with Gasteiger partial charge in [-0.05, 0) is 13.8 Å². The second-order valence-electron chi connectivity index (χ2n) is 4.76. The van der Waals surface area contributed by atoms with Crippen molar-refractivity contribution in [3.63, 3.8) is 0 Å². The second kappa shape index (κ2) is 11.2. The highest BCUT2D eigenvalue weighted by Gasteiger charge is 2.37. The van der Waals surface area contributed by atoms with Crippen molar-refractivity contribution in [2.75, 3.05) is 36.0 Å². The highest BCUT2D eigenvalue weighted by molar-refractivity contribution is 7.48. The standard InChI is InChI=1S/C11H20Cl5O4P/c1-9(3-12)19-21(17,20-10(2)4-13)18-8-11(5-14,6-15)7-16/h9-10H,3-8H2,1-2H3. The van der Waals surface area contributed by atoms with Crippen molar-refractivity contribution in [3.8, 4) is 0 Å². The van der Waals surface area contributed by atoms with E-state index in [1.165, 1.54) is 0 Å². The van der Waals surface area contributed by atoms with Crippen LogP contribution in [-0.4, -0.2) is 48.2 Å². The van der Waals surface area contributed by atoms with Gasteiger partial charge in [0, 0.05) is 34.8 Å². The minimum atomic E-state index is -3.85. The van der Waals surface area contributed by atoms with Gasteiger partial charge in [-0.25, -0.2) is 4.57 Å². The molecule has 0 spiro atoms. The van der Waals surface area contributed by atoms with Gasteiger partial charge >= 0.3 is 7.82 Å². The smallest absolute Gasteiger partial charge is 0.286 e. The molecular formula is C11H20Cl5O4P. The molecule has 0 radical (unpaired) electrons. The number of phosphoric ester groups is 1. The lowest BCUT2D eigenvalue weighted by Gasteiger charge is -2.30. The third-order valence-electron chi connectivity index (χ3n) is 2.43. The molecule has 0 N–H and O–H groups in total. The number of hydrogen-bond donors (Lipinski definition) is 0. The van der Waals surface area contributed by atoms with Gasteiger partial charge in [0.1, 0.15) is 0 Å². The number of alkyl halides is 5. The molecule has 0 bridgehead atoms. The van der Waals surface area contributed by atoms with E-state index < -0.39 is 25.4 Å². The molecule has 0 aliphatic heterocycles. The van der Waals surface area contributed by atoms with Crippen LogP contribution in [0.5, 0.6) is 0 Å². The summed E-state index contributed by atoms with van der Waals surface area (Å²) >= 11 is 28.9. The molecule has 2 unspecified atom stereocenters. The summed E-state index contributed by atoms with van der Waals surface area (Å²) < 4.78 is 28.5. The van der Waals surface area contributed by atoms with Gasteiger partial charge < -0.3 is 0 Å². The summed E-state index contributed by atoms with van der Waals surface area (Å²) in [6.07, 6.45) is -1.03. The van der Waals surface area contributed by atoms with Gasteiger partial charge in [0.05, 0.1) is 18.8 Å². The van der Waals surface area contributed by atoms with Gasteiger partial charge in [-0.1, -0.05) is 0 Å². The van der Waals surface area contributed by atoms with Crippen molar-refractivity contribution in [3.05, 3.63) is 0 Å². The van der Waals surface area contributed by atoms with Crippen LogP contribution in [0.25, 0.3) is 0 Å². The van der Waals surface area contributed by atoms with Crippen molar-refractivity contribution in [1.82, 2.24) is 0 Å². The van der Waals surface area contributed by atoms with E-state index in [1.54, 1.807) is 13.8 Å². The van der Waals surface area contributed by atoms with Crippen molar-refractivity contribution in [2.45, 2.75) is 26.1 Å². The van der Waals surface area contributed by atoms with Gasteiger partial charge in [0.25, 0.3) is 0 Å². The Kier molecular flexibility index (Phi) is 12.0. The Morgan fingerprint density at radius 2 is 1.29 bits per heavy atom. The maximum Gasteiger partial charge on any atom is 0.475 e. The summed E-state index contributed by atoms with van der Waals surface area (Å²) in [7, 11) is -3.85. The molecule has 0 heterocycles. The first-order valence-electron chi connectivity index (χ1n) is 6.21. The summed E-state index contributed by atoms with van der Waals surface area (Å²) in [5.74, 6) is 0.720. The Balaban J connectivity index is 4.93. The van der Waals surface area contributed by atoms with Crippen molar-refractivity contribution >= 4 is 65.8 Å². The van der Waals surface area contributed by atoms with Crippen LogP contribution in [0.3, 0.4) is 0 Å². The van der Waals surface area contributed by atoms with E-state index in [1.807, 2.05) is 0 Å². The van der Waals surface area contributed by atoms with E-state index in [9.17, 15) is 4.57 Å². The molecule has 4 nitrogen and oxygen atoms in total. The molecule has 10 heteroatoms. The van der Waals surface area contributed by atoms with Crippen LogP contribution >= 0.6 is 65.8 Å². The first-order chi connectivity index (χ1) is 9.80. The maximum atomic E-state index is 12.6. The van der Waals surface area contributed by atoms with E-state index in [4.69, 9.17) is 71.6 Å². The van der Waals surface area contributed by atoms with Crippen LogP contribution in [-0.2, 0) is 18.1 Å². The molecule has 0 aliphatic rings. The minimum absolute atomic E-state index is 0.0647. The van der Waals surface area contributed by atoms with Crippen LogP contribution in [0.1, 0.15) is 13.8 Å². The molecule has 0 aromatic rings. The summed E-state index contributed by atoms with van der Waals surface area (Å²) in [6.45, 7) is 3.23. The van der Waals surface area contributed by atoms with Gasteiger partial charge in [0.15, 0.2) is 0 Å². The summed E-state index contributed by atoms with van der Waals surface area (Å²) in [6, 6.07) is 0. The van der Waals surface area contributed by atoms with Crippen LogP contribution in [0.4, 0.5) is 0 Å². The molecule has 0 aliphatic carbocycles. The van der Waals surface area contributed by atoms with E-state index in [-0.39, 0.29) is 36.0 Å². The Hall–Kier alpha value is 1.56. The molecular weight excluding hydrogens is 404 g/mol. The normalized spacial score (nSPS) is 18.2. The zero-order valence-corrected chi connectivity index (χ0v) is 16.5. The molecule has 128 valence electrons. The lowest BCUT2D eigenvalue weighted by Crippen LogP contribution is -2.33. The molecule has 0 aromatic heterocycles. The maximum absolute atomic E-state index is 12.6. The fraction of sp³-hybridized carbons (Fsp3) is 1.00. The highest BCUT2D eigenvalue weighted by Crippen LogP contribution is 2.53. The zero-order valence-electron chi connectivity index (χ0n) is 11.9. The van der Waals surface area contributed by atoms with Gasteiger partial charge in [0.2, 0.25) is 0 Å². The fourth-order valence-corrected chi connectivity index (χ4v) is 4.05. The first kappa shape index (κ1) is 22.6. The molecule has 0 saturated carbocycles. The molecule has 0 amide bonds. The largest absolute Gasteiger partial charge is 0.475 e. The van der Waals surface area contributed by atoms with E-state index in [0.717, 1.165) is 0 Å². The number of rotatable bonds is 12. The van der Waals surface area contributed by atoms with Gasteiger partial charge in [-0.3, -0.25) is 13.6 Å². The van der Waals surface area contributed by atoms with Crippen LogP contribution in [0, 0.1) is 5.41 Å². The van der Waals surface area contributed by atoms with Crippen molar-refractivity contribution in [2.24, 2.45) is 5.41 Å². The first-order valence-corrected chi connectivity index (χ1v) is 10.3. The van der Waals surface area contributed by atoms with E-state index in [0.29, 0.717) is 0 Å². The summed E-state index contributed by atoms with van der Waals surface area (Å²) in [5, 5.41) is 0. The molecule has 0 aromatic carbocycles. The average Bonchev–Trinajstić information content (AvgIpc) is 2.48. The quantitative estimate of drug-likeness (QED) is 0.323. The predicted octanol–water partition coefficient (Wildman–Crippen LogP) is 5.10. The lowest BCUT2D eigenvalue weighted by molar-refractivity contribution is 0.0570. The zero-order chi connectivity index (χ0) is 16.5. The SMILES string of the molecule is CC(CCl)OP(=O)(OCC(CCl)(CCl)CCl)OC(C)CCl. The summed E-state index contributed by atoms with van der Waals surface area (Å²) in [4.78, 5) is 0. The molecule has 0 fully saturated rings. The van der Waals surface area contributed by atoms with Crippen LogP contribution in [0.15, 0.2) is 0 Å². The molecule has 0 rings (SSSR count). The lowest BCUT2D eigenvalue weighted by atomic mass is 9.98. The van der Waals surface area contributed by atoms with E-state index in [2.05, 4.69) is 0 Å². The minimum Gasteiger partial charge on any atom is -0.286 e. The topological polar surface area (TPSA) is 44.8 Å². The summed E-state index contributed by atoms with van der Waals surface area (Å²) in [5.41, 5.74) is -0.721. The van der Waals surface area contributed by atoms with Crippen LogP contribution in [0.2, 0.25) is 0 Å². The Morgan fingerprint density at radius 1 is 0.905 bits per heavy atom. The molecule has 21 heavy (non-hydrogen) atoms. The Bertz CT molecular complexity index is 305. The molecule has 2 atom stereocenters. The van der Waals surface area contributed by atoms with Gasteiger partial charge in [-0.2, -0.15) is 0 Å². The van der Waals surface area contributed by atoms with Crippen molar-refractivity contribution in [1.29, 1.82) is 0 Å². The van der Waals surface area contributed by atoms with Crippen molar-refractivity contribution < 1.29 is 18.1 Å². The second-order valence-corrected chi connectivity index (χ2v) is 7.76.